The smallest absolute Gasteiger partial charge is 0.280 e. The Morgan fingerprint density at radius 1 is 1.19 bits per heavy atom. The zero-order valence-corrected chi connectivity index (χ0v) is 17.2. The van der Waals surface area contributed by atoms with Crippen molar-refractivity contribution in [3.63, 3.8) is 0 Å². The van der Waals surface area contributed by atoms with Crippen LogP contribution in [0.3, 0.4) is 0 Å². The van der Waals surface area contributed by atoms with Gasteiger partial charge in [-0.15, -0.1) is 23.1 Å². The first-order chi connectivity index (χ1) is 13.0. The first-order valence-electron chi connectivity index (χ1n) is 8.21. The molecular weight excluding hydrogens is 406 g/mol. The zero-order valence-electron chi connectivity index (χ0n) is 14.8. The molecule has 1 aliphatic rings. The van der Waals surface area contributed by atoms with E-state index in [2.05, 4.69) is 16.0 Å². The maximum Gasteiger partial charge on any atom is 0.280 e. The fourth-order valence-electron chi connectivity index (χ4n) is 2.90. The second kappa shape index (κ2) is 8.77. The van der Waals surface area contributed by atoms with Crippen molar-refractivity contribution in [1.82, 2.24) is 10.9 Å². The average molecular weight is 424 g/mol. The van der Waals surface area contributed by atoms with E-state index in [0.29, 0.717) is 15.5 Å². The first kappa shape index (κ1) is 19.7. The Bertz CT molecular complexity index is 894. The number of thiophene rings is 1. The van der Waals surface area contributed by atoms with E-state index in [1.54, 1.807) is 36.0 Å². The van der Waals surface area contributed by atoms with Crippen LogP contribution < -0.4 is 10.9 Å². The van der Waals surface area contributed by atoms with Gasteiger partial charge in [0, 0.05) is 16.1 Å². The van der Waals surface area contributed by atoms with Crippen molar-refractivity contribution in [1.29, 1.82) is 0 Å². The Morgan fingerprint density at radius 3 is 2.56 bits per heavy atom. The Labute approximate surface area is 170 Å². The van der Waals surface area contributed by atoms with Gasteiger partial charge in [0.05, 0.1) is 14.8 Å². The molecule has 1 aromatic heterocycles. The van der Waals surface area contributed by atoms with Gasteiger partial charge in [-0.05, 0) is 55.3 Å². The molecule has 1 heterocycles. The molecule has 0 fully saturated rings. The molecule has 2 aromatic rings. The molecule has 0 radical (unpaired) electrons. The fourth-order valence-corrected chi connectivity index (χ4v) is 5.06. The Kier molecular flexibility index (Phi) is 6.41. The molecule has 27 heavy (non-hydrogen) atoms. The van der Waals surface area contributed by atoms with E-state index >= 15 is 0 Å². The number of hydrogen-bond donors (Lipinski definition) is 2. The summed E-state index contributed by atoms with van der Waals surface area (Å²) < 4.78 is 1.02. The van der Waals surface area contributed by atoms with Crippen LogP contribution in [-0.4, -0.2) is 30.9 Å². The number of hydrogen-bond acceptors (Lipinski definition) is 6. The molecule has 0 aliphatic heterocycles. The highest BCUT2D eigenvalue weighted by Gasteiger charge is 2.28. The van der Waals surface area contributed by atoms with Crippen LogP contribution in [0.2, 0.25) is 5.02 Å². The number of carbonyl (C=O) groups excluding carboxylic acids is 2. The van der Waals surface area contributed by atoms with Crippen LogP contribution in [0.4, 0.5) is 0 Å². The van der Waals surface area contributed by atoms with Crippen LogP contribution in [0.1, 0.15) is 44.0 Å². The lowest BCUT2D eigenvalue weighted by Crippen LogP contribution is -2.41. The predicted octanol–water partition coefficient (Wildman–Crippen LogP) is 3.89. The third-order valence-electron chi connectivity index (χ3n) is 4.09. The molecule has 0 spiro atoms. The van der Waals surface area contributed by atoms with Crippen molar-refractivity contribution in [3.05, 3.63) is 50.9 Å². The topological polar surface area (TPSA) is 79.8 Å². The van der Waals surface area contributed by atoms with Crippen molar-refractivity contribution in [3.8, 4) is 0 Å². The van der Waals surface area contributed by atoms with Crippen LogP contribution >= 0.6 is 34.7 Å². The molecule has 0 unspecified atom stereocenters. The van der Waals surface area contributed by atoms with Crippen LogP contribution in [0.5, 0.6) is 0 Å². The van der Waals surface area contributed by atoms with Crippen LogP contribution in [0.25, 0.3) is 0 Å². The molecular formula is C18H18ClN3O3S2. The zero-order chi connectivity index (χ0) is 19.4. The number of benzene rings is 1. The lowest BCUT2D eigenvalue weighted by molar-refractivity contribution is 0.0848. The van der Waals surface area contributed by atoms with Gasteiger partial charge in [0.15, 0.2) is 0 Å². The monoisotopic (exact) mass is 423 g/mol. The van der Waals surface area contributed by atoms with Crippen LogP contribution in [0, 0.1) is 0 Å². The first-order valence-corrected chi connectivity index (χ1v) is 10.6. The van der Waals surface area contributed by atoms with E-state index < -0.39 is 5.91 Å². The lowest BCUT2D eigenvalue weighted by Gasteiger charge is -2.16. The van der Waals surface area contributed by atoms with Crippen molar-refractivity contribution >= 4 is 52.2 Å². The van der Waals surface area contributed by atoms with Gasteiger partial charge in [-0.25, -0.2) is 0 Å². The number of thioether (sulfide) groups is 1. The number of nitrogens with one attached hydrogen (secondary N) is 2. The molecule has 9 heteroatoms. The predicted molar refractivity (Wildman–Crippen MR) is 109 cm³/mol. The standard InChI is InChI=1S/C18H18ClN3O3S2/c1-25-22-13-5-3-4-12-14(13)18(26-2)27-15(12)17(24)21-20-16(23)10-6-8-11(19)9-7-10/h6-9H,3-5H2,1-2H3,(H,20,23)(H,21,24). The highest BCUT2D eigenvalue weighted by Crippen LogP contribution is 2.39. The summed E-state index contributed by atoms with van der Waals surface area (Å²) in [5.74, 6) is -0.741. The Hall–Kier alpha value is -2.03. The lowest BCUT2D eigenvalue weighted by atomic mass is 9.92. The van der Waals surface area contributed by atoms with Crippen molar-refractivity contribution < 1.29 is 14.4 Å². The van der Waals surface area contributed by atoms with Gasteiger partial charge < -0.3 is 4.84 Å². The maximum absolute atomic E-state index is 12.7. The molecule has 0 bridgehead atoms. The van der Waals surface area contributed by atoms with Gasteiger partial charge in [-0.2, -0.15) is 0 Å². The molecule has 6 nitrogen and oxygen atoms in total. The van der Waals surface area contributed by atoms with Gasteiger partial charge >= 0.3 is 0 Å². The summed E-state index contributed by atoms with van der Waals surface area (Å²) in [5.41, 5.74) is 8.19. The quantitative estimate of drug-likeness (QED) is 0.577. The van der Waals surface area contributed by atoms with Gasteiger partial charge in [0.2, 0.25) is 0 Å². The molecule has 1 aliphatic carbocycles. The molecule has 2 amide bonds. The van der Waals surface area contributed by atoms with E-state index in [1.807, 2.05) is 6.26 Å². The van der Waals surface area contributed by atoms with Crippen LogP contribution in [0.15, 0.2) is 33.6 Å². The minimum Gasteiger partial charge on any atom is -0.399 e. The number of oxime groups is 1. The average Bonchev–Trinajstić information content (AvgIpc) is 3.06. The summed E-state index contributed by atoms with van der Waals surface area (Å²) in [5, 5.41) is 4.67. The van der Waals surface area contributed by atoms with Gasteiger partial charge in [-0.3, -0.25) is 20.4 Å². The normalized spacial score (nSPS) is 14.6. The van der Waals surface area contributed by atoms with E-state index in [0.717, 1.165) is 40.3 Å². The number of carbonyl (C=O) groups is 2. The van der Waals surface area contributed by atoms with Gasteiger partial charge in [-0.1, -0.05) is 16.8 Å². The SMILES string of the molecule is CON=C1CCCc2c(C(=O)NNC(=O)c3ccc(Cl)cc3)sc(SC)c21. The third-order valence-corrected chi connectivity index (χ3v) is 6.70. The van der Waals surface area contributed by atoms with E-state index in [4.69, 9.17) is 16.4 Å². The second-order valence-electron chi connectivity index (χ2n) is 5.77. The molecule has 0 saturated carbocycles. The van der Waals surface area contributed by atoms with E-state index in [9.17, 15) is 9.59 Å². The Balaban J connectivity index is 1.78. The molecule has 0 atom stereocenters. The summed E-state index contributed by atoms with van der Waals surface area (Å²) in [7, 11) is 1.52. The second-order valence-corrected chi connectivity index (χ2v) is 8.30. The number of rotatable bonds is 4. The number of halogens is 1. The minimum atomic E-state index is -0.405. The molecule has 2 N–H and O–H groups in total. The number of amides is 2. The summed E-state index contributed by atoms with van der Waals surface area (Å²) in [6.07, 6.45) is 4.48. The van der Waals surface area contributed by atoms with Crippen molar-refractivity contribution in [2.75, 3.05) is 13.4 Å². The number of hydrazine groups is 1. The summed E-state index contributed by atoms with van der Waals surface area (Å²) >= 11 is 8.81. The highest BCUT2D eigenvalue weighted by molar-refractivity contribution is 8.00. The Morgan fingerprint density at radius 2 is 1.89 bits per heavy atom. The maximum atomic E-state index is 12.7. The number of fused-ring (bicyclic) bond motifs is 1. The largest absolute Gasteiger partial charge is 0.399 e. The van der Waals surface area contributed by atoms with Gasteiger partial charge in [0.1, 0.15) is 7.11 Å². The fraction of sp³-hybridized carbons (Fsp3) is 0.278. The molecule has 3 rings (SSSR count). The van der Waals surface area contributed by atoms with Crippen molar-refractivity contribution in [2.24, 2.45) is 5.16 Å². The van der Waals surface area contributed by atoms with E-state index in [-0.39, 0.29) is 5.91 Å². The van der Waals surface area contributed by atoms with Crippen molar-refractivity contribution in [2.45, 2.75) is 23.5 Å². The van der Waals surface area contributed by atoms with E-state index in [1.165, 1.54) is 18.4 Å². The summed E-state index contributed by atoms with van der Waals surface area (Å²) in [4.78, 5) is 30.4. The summed E-state index contributed by atoms with van der Waals surface area (Å²) in [6.45, 7) is 0. The highest BCUT2D eigenvalue weighted by atomic mass is 35.5. The molecule has 1 aromatic carbocycles. The molecule has 0 saturated heterocycles. The van der Waals surface area contributed by atoms with Crippen LogP contribution in [-0.2, 0) is 11.3 Å². The summed E-state index contributed by atoms with van der Waals surface area (Å²) in [6, 6.07) is 6.43. The third kappa shape index (κ3) is 4.28. The molecule has 142 valence electrons. The minimum absolute atomic E-state index is 0.336. The van der Waals surface area contributed by atoms with Gasteiger partial charge in [0.25, 0.3) is 11.8 Å². The number of nitrogens with zero attached hydrogens (tertiary/aromatic N) is 1.